The molecule has 0 aromatic heterocycles. The van der Waals surface area contributed by atoms with Crippen LogP contribution in [0.15, 0.2) is 48.5 Å². The van der Waals surface area contributed by atoms with Crippen molar-refractivity contribution in [3.63, 3.8) is 0 Å². The maximum Gasteiger partial charge on any atom is 0.221 e. The van der Waals surface area contributed by atoms with E-state index in [4.69, 9.17) is 5.73 Å². The summed E-state index contributed by atoms with van der Waals surface area (Å²) in [5.41, 5.74) is 7.63. The SMILES string of the molecule is CC(C)(NC(=O)CCc1ccccc1N)c1cccc(F)c1. The van der Waals surface area contributed by atoms with E-state index in [1.807, 2.05) is 38.1 Å². The molecule has 0 aliphatic rings. The average Bonchev–Trinajstić information content (AvgIpc) is 2.46. The summed E-state index contributed by atoms with van der Waals surface area (Å²) < 4.78 is 13.3. The minimum atomic E-state index is -0.624. The number of hydrogen-bond donors (Lipinski definition) is 2. The summed E-state index contributed by atoms with van der Waals surface area (Å²) in [6.45, 7) is 3.72. The Morgan fingerprint density at radius 2 is 1.91 bits per heavy atom. The Morgan fingerprint density at radius 3 is 2.59 bits per heavy atom. The van der Waals surface area contributed by atoms with E-state index < -0.39 is 5.54 Å². The summed E-state index contributed by atoms with van der Waals surface area (Å²) in [6, 6.07) is 13.8. The number of halogens is 1. The molecule has 0 saturated carbocycles. The van der Waals surface area contributed by atoms with Gasteiger partial charge in [-0.3, -0.25) is 4.79 Å². The molecular formula is C18H21FN2O. The lowest BCUT2D eigenvalue weighted by atomic mass is 9.94. The first kappa shape index (κ1) is 16.0. The Hall–Kier alpha value is -2.36. The van der Waals surface area contributed by atoms with Crippen molar-refractivity contribution < 1.29 is 9.18 Å². The standard InChI is InChI=1S/C18H21FN2O/c1-18(2,14-7-5-8-15(19)12-14)21-17(22)11-10-13-6-3-4-9-16(13)20/h3-9,12H,10-11,20H2,1-2H3,(H,21,22). The molecular weight excluding hydrogens is 279 g/mol. The van der Waals surface area contributed by atoms with Crippen LogP contribution in [-0.2, 0) is 16.8 Å². The number of nitrogens with two attached hydrogens (primary N) is 1. The number of aryl methyl sites for hydroxylation is 1. The summed E-state index contributed by atoms with van der Waals surface area (Å²) in [6.07, 6.45) is 0.921. The van der Waals surface area contributed by atoms with Crippen molar-refractivity contribution in [2.24, 2.45) is 0 Å². The fourth-order valence-corrected chi connectivity index (χ4v) is 2.37. The van der Waals surface area contributed by atoms with Crippen LogP contribution >= 0.6 is 0 Å². The van der Waals surface area contributed by atoms with Gasteiger partial charge in [-0.2, -0.15) is 0 Å². The van der Waals surface area contributed by atoms with Crippen molar-refractivity contribution in [3.05, 3.63) is 65.5 Å². The number of nitrogen functional groups attached to an aromatic ring is 1. The maximum atomic E-state index is 13.3. The molecule has 0 heterocycles. The van der Waals surface area contributed by atoms with Gasteiger partial charge in [-0.05, 0) is 49.6 Å². The lowest BCUT2D eigenvalue weighted by Crippen LogP contribution is -2.41. The summed E-state index contributed by atoms with van der Waals surface area (Å²) in [4.78, 5) is 12.2. The third-order valence-corrected chi connectivity index (χ3v) is 3.67. The smallest absolute Gasteiger partial charge is 0.221 e. The molecule has 0 aliphatic heterocycles. The van der Waals surface area contributed by atoms with Gasteiger partial charge in [0.2, 0.25) is 5.91 Å². The highest BCUT2D eigenvalue weighted by molar-refractivity contribution is 5.77. The monoisotopic (exact) mass is 300 g/mol. The van der Waals surface area contributed by atoms with Crippen molar-refractivity contribution in [1.29, 1.82) is 0 Å². The van der Waals surface area contributed by atoms with E-state index in [1.165, 1.54) is 12.1 Å². The number of nitrogens with one attached hydrogen (secondary N) is 1. The van der Waals surface area contributed by atoms with Crippen LogP contribution in [-0.4, -0.2) is 5.91 Å². The van der Waals surface area contributed by atoms with Crippen molar-refractivity contribution in [1.82, 2.24) is 5.32 Å². The Bertz CT molecular complexity index is 668. The Balaban J connectivity index is 1.98. The molecule has 1 amide bonds. The summed E-state index contributed by atoms with van der Waals surface area (Å²) in [5, 5.41) is 2.94. The van der Waals surface area contributed by atoms with Gasteiger partial charge in [0.25, 0.3) is 0 Å². The van der Waals surface area contributed by atoms with E-state index in [2.05, 4.69) is 5.32 Å². The zero-order valence-corrected chi connectivity index (χ0v) is 12.9. The van der Waals surface area contributed by atoms with Gasteiger partial charge in [0, 0.05) is 12.1 Å². The second kappa shape index (κ2) is 6.60. The molecule has 0 atom stereocenters. The van der Waals surface area contributed by atoms with Crippen LogP contribution in [0.4, 0.5) is 10.1 Å². The van der Waals surface area contributed by atoms with E-state index in [0.717, 1.165) is 11.1 Å². The van der Waals surface area contributed by atoms with Gasteiger partial charge in [-0.1, -0.05) is 30.3 Å². The number of benzene rings is 2. The van der Waals surface area contributed by atoms with Gasteiger partial charge in [0.1, 0.15) is 5.82 Å². The van der Waals surface area contributed by atoms with Gasteiger partial charge in [0.15, 0.2) is 0 Å². The van der Waals surface area contributed by atoms with Crippen LogP contribution in [0.5, 0.6) is 0 Å². The molecule has 0 spiro atoms. The molecule has 2 aromatic rings. The second-order valence-electron chi connectivity index (χ2n) is 5.88. The predicted molar refractivity (Wildman–Crippen MR) is 86.7 cm³/mol. The number of amides is 1. The quantitative estimate of drug-likeness (QED) is 0.832. The van der Waals surface area contributed by atoms with Crippen LogP contribution in [0.25, 0.3) is 0 Å². The Kier molecular flexibility index (Phi) is 4.81. The van der Waals surface area contributed by atoms with E-state index in [9.17, 15) is 9.18 Å². The highest BCUT2D eigenvalue weighted by atomic mass is 19.1. The van der Waals surface area contributed by atoms with Crippen LogP contribution in [0.2, 0.25) is 0 Å². The highest BCUT2D eigenvalue weighted by Crippen LogP contribution is 2.21. The van der Waals surface area contributed by atoms with Crippen LogP contribution in [0.3, 0.4) is 0 Å². The van der Waals surface area contributed by atoms with Crippen molar-refractivity contribution in [2.75, 3.05) is 5.73 Å². The lowest BCUT2D eigenvalue weighted by Gasteiger charge is -2.27. The highest BCUT2D eigenvalue weighted by Gasteiger charge is 2.23. The van der Waals surface area contributed by atoms with Gasteiger partial charge in [-0.15, -0.1) is 0 Å². The number of carbonyl (C=O) groups excluding carboxylic acids is 1. The van der Waals surface area contributed by atoms with Crippen molar-refractivity contribution >= 4 is 11.6 Å². The van der Waals surface area contributed by atoms with Crippen LogP contribution in [0.1, 0.15) is 31.4 Å². The molecule has 0 aliphatic carbocycles. The van der Waals surface area contributed by atoms with Gasteiger partial charge in [-0.25, -0.2) is 4.39 Å². The maximum absolute atomic E-state index is 13.3. The van der Waals surface area contributed by atoms with E-state index >= 15 is 0 Å². The zero-order chi connectivity index (χ0) is 16.2. The lowest BCUT2D eigenvalue weighted by molar-refractivity contribution is -0.122. The van der Waals surface area contributed by atoms with E-state index in [1.54, 1.807) is 12.1 Å². The van der Waals surface area contributed by atoms with Gasteiger partial charge >= 0.3 is 0 Å². The number of carbonyl (C=O) groups is 1. The summed E-state index contributed by atoms with van der Waals surface area (Å²) in [7, 11) is 0. The first-order valence-corrected chi connectivity index (χ1v) is 7.29. The molecule has 3 nitrogen and oxygen atoms in total. The molecule has 22 heavy (non-hydrogen) atoms. The molecule has 0 bridgehead atoms. The third kappa shape index (κ3) is 4.07. The molecule has 0 radical (unpaired) electrons. The molecule has 3 N–H and O–H groups in total. The fourth-order valence-electron chi connectivity index (χ4n) is 2.37. The zero-order valence-electron chi connectivity index (χ0n) is 12.9. The first-order valence-electron chi connectivity index (χ1n) is 7.29. The normalized spacial score (nSPS) is 11.2. The minimum Gasteiger partial charge on any atom is -0.399 e. The average molecular weight is 300 g/mol. The van der Waals surface area contributed by atoms with Crippen molar-refractivity contribution in [2.45, 2.75) is 32.2 Å². The van der Waals surface area contributed by atoms with Crippen LogP contribution in [0, 0.1) is 5.82 Å². The third-order valence-electron chi connectivity index (χ3n) is 3.67. The molecule has 2 rings (SSSR count). The second-order valence-corrected chi connectivity index (χ2v) is 5.88. The van der Waals surface area contributed by atoms with Gasteiger partial charge < -0.3 is 11.1 Å². The minimum absolute atomic E-state index is 0.0856. The predicted octanol–water partition coefficient (Wildman–Crippen LogP) is 3.39. The molecule has 116 valence electrons. The van der Waals surface area contributed by atoms with E-state index in [0.29, 0.717) is 18.5 Å². The van der Waals surface area contributed by atoms with Crippen molar-refractivity contribution in [3.8, 4) is 0 Å². The molecule has 0 fully saturated rings. The molecule has 0 unspecified atom stereocenters. The molecule has 0 saturated heterocycles. The topological polar surface area (TPSA) is 55.1 Å². The summed E-state index contributed by atoms with van der Waals surface area (Å²) >= 11 is 0. The molecule has 2 aromatic carbocycles. The number of para-hydroxylation sites is 1. The Labute approximate surface area is 130 Å². The largest absolute Gasteiger partial charge is 0.399 e. The van der Waals surface area contributed by atoms with Gasteiger partial charge in [0.05, 0.1) is 5.54 Å². The number of anilines is 1. The first-order chi connectivity index (χ1) is 10.4. The van der Waals surface area contributed by atoms with E-state index in [-0.39, 0.29) is 11.7 Å². The Morgan fingerprint density at radius 1 is 1.18 bits per heavy atom. The molecule has 4 heteroatoms. The summed E-state index contributed by atoms with van der Waals surface area (Å²) in [5.74, 6) is -0.394. The van der Waals surface area contributed by atoms with Crippen LogP contribution < -0.4 is 11.1 Å². The number of rotatable bonds is 5. The number of hydrogen-bond acceptors (Lipinski definition) is 2. The fraction of sp³-hybridized carbons (Fsp3) is 0.278.